The van der Waals surface area contributed by atoms with Crippen LogP contribution in [0.25, 0.3) is 0 Å². The van der Waals surface area contributed by atoms with Crippen molar-refractivity contribution in [3.63, 3.8) is 0 Å². The van der Waals surface area contributed by atoms with E-state index in [1.807, 2.05) is 0 Å². The highest BCUT2D eigenvalue weighted by molar-refractivity contribution is 5.43. The van der Waals surface area contributed by atoms with E-state index in [2.05, 4.69) is 5.32 Å². The Morgan fingerprint density at radius 2 is 1.69 bits per heavy atom. The molecule has 0 radical (unpaired) electrons. The van der Waals surface area contributed by atoms with Gasteiger partial charge in [0.1, 0.15) is 0 Å². The predicted molar refractivity (Wildman–Crippen MR) is 45.7 cm³/mol. The van der Waals surface area contributed by atoms with Crippen molar-refractivity contribution in [2.75, 3.05) is 12.4 Å². The Hall–Kier alpha value is -1.19. The summed E-state index contributed by atoms with van der Waals surface area (Å²) in [4.78, 5) is 0. The summed E-state index contributed by atoms with van der Waals surface area (Å²) in [5, 5.41) is 2.84. The first kappa shape index (κ1) is 9.89. The molecule has 0 amide bonds. The van der Waals surface area contributed by atoms with Crippen LogP contribution in [0, 0.1) is 0 Å². The monoisotopic (exact) mass is 189 g/mol. The topological polar surface area (TPSA) is 12.0 Å². The third-order valence-electron chi connectivity index (χ3n) is 1.65. The van der Waals surface area contributed by atoms with Crippen LogP contribution in [-0.4, -0.2) is 13.2 Å². The normalized spacial score (nSPS) is 11.4. The molecule has 0 spiro atoms. The summed E-state index contributed by atoms with van der Waals surface area (Å²) < 4.78 is 35.7. The van der Waals surface area contributed by atoms with Gasteiger partial charge in [0.2, 0.25) is 0 Å². The third-order valence-corrected chi connectivity index (χ3v) is 1.65. The molecule has 0 bridgehead atoms. The number of alkyl halides is 3. The average Bonchev–Trinajstić information content (AvgIpc) is 2.03. The first-order chi connectivity index (χ1) is 6.01. The van der Waals surface area contributed by atoms with Crippen LogP contribution in [0.2, 0.25) is 0 Å². The van der Waals surface area contributed by atoms with Gasteiger partial charge in [-0.25, -0.2) is 0 Å². The molecular weight excluding hydrogens is 179 g/mol. The smallest absolute Gasteiger partial charge is 0.388 e. The maximum atomic E-state index is 11.9. The Labute approximate surface area is 74.6 Å². The summed E-state index contributed by atoms with van der Waals surface area (Å²) in [5.74, 6) is 0. The quantitative estimate of drug-likeness (QED) is 0.754. The lowest BCUT2D eigenvalue weighted by atomic mass is 10.1. The van der Waals surface area contributed by atoms with Gasteiger partial charge in [0.15, 0.2) is 0 Å². The minimum atomic E-state index is -4.12. The largest absolute Gasteiger partial charge is 0.393 e. The molecule has 1 rings (SSSR count). The van der Waals surface area contributed by atoms with Gasteiger partial charge in [-0.3, -0.25) is 0 Å². The molecule has 0 unspecified atom stereocenters. The van der Waals surface area contributed by atoms with Crippen LogP contribution in [0.4, 0.5) is 18.9 Å². The van der Waals surface area contributed by atoms with Crippen molar-refractivity contribution < 1.29 is 13.2 Å². The second-order valence-corrected chi connectivity index (χ2v) is 2.74. The van der Waals surface area contributed by atoms with Crippen molar-refractivity contribution in [1.82, 2.24) is 0 Å². The van der Waals surface area contributed by atoms with Crippen molar-refractivity contribution in [2.24, 2.45) is 0 Å². The van der Waals surface area contributed by atoms with E-state index >= 15 is 0 Å². The molecular formula is C9H10F3N. The summed E-state index contributed by atoms with van der Waals surface area (Å²) in [6, 6.07) is 6.20. The molecule has 0 aliphatic rings. The number of hydrogen-bond donors (Lipinski definition) is 1. The zero-order chi connectivity index (χ0) is 9.90. The standard InChI is InChI=1S/C9H10F3N/c1-13-8-4-2-7(3-5-8)6-9(10,11)12/h2-5,13H,6H2,1H3. The zero-order valence-electron chi connectivity index (χ0n) is 7.15. The van der Waals surface area contributed by atoms with E-state index in [1.165, 1.54) is 12.1 Å². The fourth-order valence-electron chi connectivity index (χ4n) is 1.02. The number of hydrogen-bond acceptors (Lipinski definition) is 1. The molecule has 1 aromatic carbocycles. The lowest BCUT2D eigenvalue weighted by Crippen LogP contribution is -2.11. The Bertz CT molecular complexity index is 263. The van der Waals surface area contributed by atoms with Gasteiger partial charge in [-0.15, -0.1) is 0 Å². The molecule has 0 aromatic heterocycles. The van der Waals surface area contributed by atoms with Crippen LogP contribution in [0.3, 0.4) is 0 Å². The lowest BCUT2D eigenvalue weighted by molar-refractivity contribution is -0.127. The molecule has 0 saturated carbocycles. The Morgan fingerprint density at radius 1 is 1.15 bits per heavy atom. The van der Waals surface area contributed by atoms with Crippen molar-refractivity contribution >= 4 is 5.69 Å². The summed E-state index contributed by atoms with van der Waals surface area (Å²) in [7, 11) is 1.72. The van der Waals surface area contributed by atoms with Crippen LogP contribution >= 0.6 is 0 Å². The highest BCUT2D eigenvalue weighted by Crippen LogP contribution is 2.21. The second kappa shape index (κ2) is 3.68. The van der Waals surface area contributed by atoms with Crippen molar-refractivity contribution in [3.8, 4) is 0 Å². The molecule has 0 heterocycles. The summed E-state index contributed by atoms with van der Waals surface area (Å²) in [5.41, 5.74) is 1.09. The van der Waals surface area contributed by atoms with Gasteiger partial charge in [-0.2, -0.15) is 13.2 Å². The van der Waals surface area contributed by atoms with Crippen LogP contribution < -0.4 is 5.32 Å². The molecule has 0 aliphatic heterocycles. The third kappa shape index (κ3) is 3.36. The van der Waals surface area contributed by atoms with E-state index in [0.29, 0.717) is 0 Å². The molecule has 13 heavy (non-hydrogen) atoms. The predicted octanol–water partition coefficient (Wildman–Crippen LogP) is 2.83. The summed E-state index contributed by atoms with van der Waals surface area (Å²) in [6.45, 7) is 0. The van der Waals surface area contributed by atoms with Gasteiger partial charge >= 0.3 is 6.18 Å². The minimum absolute atomic E-state index is 0.284. The fraction of sp³-hybridized carbons (Fsp3) is 0.333. The second-order valence-electron chi connectivity index (χ2n) is 2.74. The van der Waals surface area contributed by atoms with Crippen LogP contribution in [0.5, 0.6) is 0 Å². The molecule has 0 aliphatic carbocycles. The van der Waals surface area contributed by atoms with E-state index in [4.69, 9.17) is 0 Å². The van der Waals surface area contributed by atoms with E-state index in [-0.39, 0.29) is 5.56 Å². The SMILES string of the molecule is CNc1ccc(CC(F)(F)F)cc1. The van der Waals surface area contributed by atoms with E-state index in [1.54, 1.807) is 19.2 Å². The summed E-state index contributed by atoms with van der Waals surface area (Å²) in [6.07, 6.45) is -4.99. The number of nitrogens with one attached hydrogen (secondary N) is 1. The van der Waals surface area contributed by atoms with Crippen LogP contribution in [0.15, 0.2) is 24.3 Å². The van der Waals surface area contributed by atoms with Gasteiger partial charge in [0, 0.05) is 12.7 Å². The number of halogens is 3. The molecule has 1 aromatic rings. The average molecular weight is 189 g/mol. The van der Waals surface area contributed by atoms with E-state index < -0.39 is 12.6 Å². The maximum Gasteiger partial charge on any atom is 0.393 e. The number of rotatable bonds is 2. The van der Waals surface area contributed by atoms with Crippen LogP contribution in [-0.2, 0) is 6.42 Å². The number of anilines is 1. The highest BCUT2D eigenvalue weighted by Gasteiger charge is 2.27. The van der Waals surface area contributed by atoms with E-state index in [9.17, 15) is 13.2 Å². The fourth-order valence-corrected chi connectivity index (χ4v) is 1.02. The minimum Gasteiger partial charge on any atom is -0.388 e. The van der Waals surface area contributed by atoms with E-state index in [0.717, 1.165) is 5.69 Å². The van der Waals surface area contributed by atoms with Gasteiger partial charge in [0.25, 0.3) is 0 Å². The first-order valence-corrected chi connectivity index (χ1v) is 3.85. The van der Waals surface area contributed by atoms with Gasteiger partial charge in [-0.05, 0) is 17.7 Å². The van der Waals surface area contributed by atoms with Gasteiger partial charge < -0.3 is 5.32 Å². The maximum absolute atomic E-state index is 11.9. The van der Waals surface area contributed by atoms with Crippen molar-refractivity contribution in [1.29, 1.82) is 0 Å². The van der Waals surface area contributed by atoms with Crippen molar-refractivity contribution in [3.05, 3.63) is 29.8 Å². The van der Waals surface area contributed by atoms with Crippen molar-refractivity contribution in [2.45, 2.75) is 12.6 Å². The molecule has 0 fully saturated rings. The number of benzene rings is 1. The molecule has 0 atom stereocenters. The molecule has 1 N–H and O–H groups in total. The molecule has 72 valence electrons. The van der Waals surface area contributed by atoms with Gasteiger partial charge in [-0.1, -0.05) is 12.1 Å². The Balaban J connectivity index is 2.70. The first-order valence-electron chi connectivity index (χ1n) is 3.85. The lowest BCUT2D eigenvalue weighted by Gasteiger charge is -2.06. The Morgan fingerprint density at radius 3 is 2.08 bits per heavy atom. The Kier molecular flexibility index (Phi) is 2.80. The molecule has 4 heteroatoms. The summed E-state index contributed by atoms with van der Waals surface area (Å²) >= 11 is 0. The van der Waals surface area contributed by atoms with Crippen LogP contribution in [0.1, 0.15) is 5.56 Å². The zero-order valence-corrected chi connectivity index (χ0v) is 7.15. The van der Waals surface area contributed by atoms with Gasteiger partial charge in [0.05, 0.1) is 6.42 Å². The molecule has 0 saturated heterocycles. The highest BCUT2D eigenvalue weighted by atomic mass is 19.4. The molecule has 1 nitrogen and oxygen atoms in total.